The molecule has 0 aliphatic heterocycles. The van der Waals surface area contributed by atoms with Gasteiger partial charge >= 0.3 is 0 Å². The Hall–Kier alpha value is -0.520. The minimum atomic E-state index is -0.774. The molecule has 1 rings (SSSR count). The monoisotopic (exact) mass is 246 g/mol. The lowest BCUT2D eigenvalue weighted by molar-refractivity contribution is 0.259. The Balaban J connectivity index is 2.60. The van der Waals surface area contributed by atoms with E-state index in [0.717, 1.165) is 12.0 Å². The summed E-state index contributed by atoms with van der Waals surface area (Å²) in [5.41, 5.74) is 0. The van der Waals surface area contributed by atoms with E-state index in [0.29, 0.717) is 12.4 Å². The van der Waals surface area contributed by atoms with E-state index in [1.165, 1.54) is 6.07 Å². The van der Waals surface area contributed by atoms with Crippen molar-refractivity contribution in [1.82, 2.24) is 0 Å². The third kappa shape index (κ3) is 4.68. The maximum Gasteiger partial charge on any atom is 0.220 e. The first-order chi connectivity index (χ1) is 7.03. The van der Waals surface area contributed by atoms with E-state index in [1.54, 1.807) is 25.1 Å². The molecule has 5 heteroatoms. The van der Waals surface area contributed by atoms with Gasteiger partial charge in [0.25, 0.3) is 0 Å². The molecule has 1 aromatic rings. The zero-order valence-electron chi connectivity index (χ0n) is 8.64. The maximum atomic E-state index is 9.24. The molecule has 0 fully saturated rings. The summed E-state index contributed by atoms with van der Waals surface area (Å²) >= 11 is 5.44. The molecule has 0 heterocycles. The number of ether oxygens (including phenoxy) is 1. The van der Waals surface area contributed by atoms with E-state index >= 15 is 0 Å². The molecule has 0 aromatic heterocycles. The van der Waals surface area contributed by atoms with Gasteiger partial charge < -0.3 is 14.0 Å². The van der Waals surface area contributed by atoms with Gasteiger partial charge in [-0.2, -0.15) is 0 Å². The highest BCUT2D eigenvalue weighted by atomic mass is 32.2. The van der Waals surface area contributed by atoms with Gasteiger partial charge in [0.2, 0.25) is 4.27 Å². The predicted molar refractivity (Wildman–Crippen MR) is 65.3 cm³/mol. The summed E-state index contributed by atoms with van der Waals surface area (Å²) in [5.74, 6) is 0.720. The molecule has 0 aliphatic carbocycles. The highest BCUT2D eigenvalue weighted by molar-refractivity contribution is 8.08. The van der Waals surface area contributed by atoms with Crippen molar-refractivity contribution in [1.29, 1.82) is 0 Å². The number of phenolic OH excluding ortho intramolecular Hbond substituents is 1. The van der Waals surface area contributed by atoms with Crippen LogP contribution < -0.4 is 4.74 Å². The summed E-state index contributed by atoms with van der Waals surface area (Å²) in [5, 5.41) is 9.24. The van der Waals surface area contributed by atoms with Crippen LogP contribution in [0.2, 0.25) is 0 Å². The fraction of sp³-hybridized carbons (Fsp3) is 0.400. The summed E-state index contributed by atoms with van der Waals surface area (Å²) in [4.78, 5) is 0. The van der Waals surface area contributed by atoms with Crippen LogP contribution in [-0.4, -0.2) is 16.0 Å². The number of rotatable bonds is 5. The van der Waals surface area contributed by atoms with Gasteiger partial charge in [0.1, 0.15) is 11.5 Å². The summed E-state index contributed by atoms with van der Waals surface area (Å²) < 4.78 is 9.91. The van der Waals surface area contributed by atoms with Gasteiger partial charge in [-0.15, -0.1) is 12.6 Å². The molecule has 84 valence electrons. The normalized spacial score (nSPS) is 14.6. The standard InChI is InChI=1S/C10H14O3S2/c1-3-12-15-10(2,14)13-9-6-4-5-8(11)7-9/h4-7,11,14H,3H2,1-2H3. The Morgan fingerprint density at radius 3 is 2.87 bits per heavy atom. The fourth-order valence-electron chi connectivity index (χ4n) is 0.951. The lowest BCUT2D eigenvalue weighted by Crippen LogP contribution is -2.20. The Labute approximate surface area is 99.4 Å². The average Bonchev–Trinajstić information content (AvgIpc) is 2.14. The first-order valence-corrected chi connectivity index (χ1v) is 5.73. The van der Waals surface area contributed by atoms with Crippen LogP contribution >= 0.6 is 24.7 Å². The first kappa shape index (κ1) is 12.5. The fourth-order valence-corrected chi connectivity index (χ4v) is 1.68. The lowest BCUT2D eigenvalue weighted by atomic mass is 10.3. The molecule has 3 nitrogen and oxygen atoms in total. The van der Waals surface area contributed by atoms with Crippen molar-refractivity contribution in [3.8, 4) is 11.5 Å². The smallest absolute Gasteiger partial charge is 0.220 e. The van der Waals surface area contributed by atoms with Crippen LogP contribution in [-0.2, 0) is 4.18 Å². The highest BCUT2D eigenvalue weighted by Crippen LogP contribution is 2.33. The van der Waals surface area contributed by atoms with E-state index in [9.17, 15) is 5.11 Å². The molecular weight excluding hydrogens is 232 g/mol. The van der Waals surface area contributed by atoms with Crippen LogP contribution in [0.4, 0.5) is 0 Å². The van der Waals surface area contributed by atoms with E-state index in [2.05, 4.69) is 12.6 Å². The molecule has 1 unspecified atom stereocenters. The Bertz CT molecular complexity index is 315. The van der Waals surface area contributed by atoms with Gasteiger partial charge in [0.05, 0.1) is 18.6 Å². The third-order valence-electron chi connectivity index (χ3n) is 1.46. The van der Waals surface area contributed by atoms with Crippen molar-refractivity contribution in [3.63, 3.8) is 0 Å². The van der Waals surface area contributed by atoms with Gasteiger partial charge in [0, 0.05) is 6.07 Å². The second-order valence-corrected chi connectivity index (χ2v) is 5.32. The van der Waals surface area contributed by atoms with E-state index in [4.69, 9.17) is 8.92 Å². The molecular formula is C10H14O3S2. The quantitative estimate of drug-likeness (QED) is 0.476. The van der Waals surface area contributed by atoms with Crippen molar-refractivity contribution in [2.45, 2.75) is 18.1 Å². The summed E-state index contributed by atoms with van der Waals surface area (Å²) in [6.45, 7) is 4.26. The largest absolute Gasteiger partial charge is 0.508 e. The summed E-state index contributed by atoms with van der Waals surface area (Å²) in [6.07, 6.45) is 0. The Morgan fingerprint density at radius 2 is 2.27 bits per heavy atom. The molecule has 0 saturated heterocycles. The number of benzene rings is 1. The van der Waals surface area contributed by atoms with Gasteiger partial charge in [-0.05, 0) is 26.0 Å². The number of hydrogen-bond donors (Lipinski definition) is 2. The SMILES string of the molecule is CCOSC(C)(S)Oc1cccc(O)c1. The van der Waals surface area contributed by atoms with Crippen molar-refractivity contribution >= 4 is 24.7 Å². The second kappa shape index (κ2) is 5.53. The van der Waals surface area contributed by atoms with Crippen LogP contribution in [0.5, 0.6) is 11.5 Å². The first-order valence-electron chi connectivity index (χ1n) is 4.54. The van der Waals surface area contributed by atoms with E-state index in [-0.39, 0.29) is 5.75 Å². The van der Waals surface area contributed by atoms with Crippen molar-refractivity contribution in [3.05, 3.63) is 24.3 Å². The predicted octanol–water partition coefficient (Wildman–Crippen LogP) is 3.06. The molecule has 0 bridgehead atoms. The van der Waals surface area contributed by atoms with E-state index in [1.807, 2.05) is 6.92 Å². The molecule has 0 aliphatic rings. The van der Waals surface area contributed by atoms with Crippen LogP contribution in [0.15, 0.2) is 24.3 Å². The van der Waals surface area contributed by atoms with Gasteiger partial charge in [-0.3, -0.25) is 0 Å². The Morgan fingerprint density at radius 1 is 1.53 bits per heavy atom. The molecule has 1 N–H and O–H groups in total. The summed E-state index contributed by atoms with van der Waals surface area (Å²) in [7, 11) is 0. The van der Waals surface area contributed by atoms with Gasteiger partial charge in [0.15, 0.2) is 0 Å². The van der Waals surface area contributed by atoms with Crippen molar-refractivity contribution < 1.29 is 14.0 Å². The molecule has 1 atom stereocenters. The maximum absolute atomic E-state index is 9.24. The Kier molecular flexibility index (Phi) is 4.63. The number of phenols is 1. The molecule has 0 amide bonds. The average molecular weight is 246 g/mol. The molecule has 0 radical (unpaired) electrons. The third-order valence-corrected chi connectivity index (χ3v) is 2.52. The number of thiol groups is 1. The molecule has 0 saturated carbocycles. The molecule has 0 spiro atoms. The zero-order chi connectivity index (χ0) is 11.3. The molecule has 1 aromatic carbocycles. The number of aromatic hydroxyl groups is 1. The van der Waals surface area contributed by atoms with Gasteiger partial charge in [-0.25, -0.2) is 0 Å². The minimum Gasteiger partial charge on any atom is -0.508 e. The summed E-state index contributed by atoms with van der Waals surface area (Å²) in [6, 6.07) is 6.57. The van der Waals surface area contributed by atoms with Crippen LogP contribution in [0.25, 0.3) is 0 Å². The van der Waals surface area contributed by atoms with Crippen LogP contribution in [0.1, 0.15) is 13.8 Å². The van der Waals surface area contributed by atoms with Gasteiger partial charge in [-0.1, -0.05) is 6.07 Å². The zero-order valence-corrected chi connectivity index (χ0v) is 10.3. The minimum absolute atomic E-state index is 0.165. The second-order valence-electron chi connectivity index (χ2n) is 2.99. The molecule has 15 heavy (non-hydrogen) atoms. The van der Waals surface area contributed by atoms with Crippen LogP contribution in [0.3, 0.4) is 0 Å². The van der Waals surface area contributed by atoms with Crippen LogP contribution in [0, 0.1) is 0 Å². The highest BCUT2D eigenvalue weighted by Gasteiger charge is 2.23. The topological polar surface area (TPSA) is 38.7 Å². The lowest BCUT2D eigenvalue weighted by Gasteiger charge is -2.23. The van der Waals surface area contributed by atoms with E-state index < -0.39 is 4.27 Å². The van der Waals surface area contributed by atoms with Crippen molar-refractivity contribution in [2.24, 2.45) is 0 Å². The van der Waals surface area contributed by atoms with Crippen molar-refractivity contribution in [2.75, 3.05) is 6.61 Å². The number of hydrogen-bond acceptors (Lipinski definition) is 5.